The monoisotopic (exact) mass is 387 g/mol. The van der Waals surface area contributed by atoms with Gasteiger partial charge in [-0.1, -0.05) is 6.92 Å². The first-order valence-electron chi connectivity index (χ1n) is 8.66. The van der Waals surface area contributed by atoms with Gasteiger partial charge in [0.05, 0.1) is 11.3 Å². The molecule has 8 heteroatoms. The summed E-state index contributed by atoms with van der Waals surface area (Å²) < 4.78 is 13.6. The molecular weight excluding hydrogens is 365 g/mol. The maximum Gasteiger partial charge on any atom is 0.329 e. The van der Waals surface area contributed by atoms with Gasteiger partial charge in [0.25, 0.3) is 5.91 Å². The summed E-state index contributed by atoms with van der Waals surface area (Å²) in [4.78, 5) is 39.7. The normalized spacial score (nSPS) is 10.2. The predicted octanol–water partition coefficient (Wildman–Crippen LogP) is 3.86. The first-order valence-corrected chi connectivity index (χ1v) is 8.66. The van der Waals surface area contributed by atoms with E-state index in [0.717, 1.165) is 36.6 Å². The number of amides is 3. The van der Waals surface area contributed by atoms with Crippen molar-refractivity contribution in [3.63, 3.8) is 0 Å². The third kappa shape index (κ3) is 5.29. The maximum absolute atomic E-state index is 13.6. The summed E-state index contributed by atoms with van der Waals surface area (Å²) in [5.74, 6) is -2.16. The van der Waals surface area contributed by atoms with E-state index in [-0.39, 0.29) is 11.3 Å². The zero-order valence-corrected chi connectivity index (χ0v) is 16.1. The largest absolute Gasteiger partial charge is 0.341 e. The van der Waals surface area contributed by atoms with Crippen LogP contribution < -0.4 is 16.1 Å². The van der Waals surface area contributed by atoms with Crippen LogP contribution >= 0.6 is 0 Å². The van der Waals surface area contributed by atoms with E-state index in [2.05, 4.69) is 22.4 Å². The summed E-state index contributed by atoms with van der Waals surface area (Å²) in [6, 6.07) is 6.27. The van der Waals surface area contributed by atoms with E-state index >= 15 is 0 Å². The third-order valence-electron chi connectivity index (χ3n) is 4.07. The van der Waals surface area contributed by atoms with Gasteiger partial charge in [-0.25, -0.2) is 9.18 Å². The second-order valence-electron chi connectivity index (χ2n) is 6.24. The maximum atomic E-state index is 13.6. The van der Waals surface area contributed by atoms with Crippen LogP contribution in [-0.4, -0.2) is 17.9 Å². The van der Waals surface area contributed by atoms with Crippen molar-refractivity contribution in [3.05, 3.63) is 58.4 Å². The molecule has 0 aromatic heterocycles. The van der Waals surface area contributed by atoms with Gasteiger partial charge in [0, 0.05) is 12.6 Å². The lowest BCUT2D eigenvalue weighted by atomic mass is 10.00. The Labute approximate surface area is 162 Å². The zero-order valence-electron chi connectivity index (χ0n) is 16.1. The van der Waals surface area contributed by atoms with E-state index in [4.69, 9.17) is 0 Å². The van der Waals surface area contributed by atoms with Gasteiger partial charge in [0.15, 0.2) is 0 Å². The Hall–Kier alpha value is -3.42. The topological polar surface area (TPSA) is 96.5 Å². The first kappa shape index (κ1) is 20.9. The number of hydrogen-bond acceptors (Lipinski definition) is 4. The molecule has 148 valence electrons. The fourth-order valence-electron chi connectivity index (χ4n) is 2.90. The van der Waals surface area contributed by atoms with E-state index in [1.54, 1.807) is 0 Å². The average Bonchev–Trinajstić information content (AvgIpc) is 2.59. The number of carbonyl (C=O) groups excluding carboxylic acids is 3. The lowest BCUT2D eigenvalue weighted by molar-refractivity contribution is -0.146. The molecule has 2 aromatic carbocycles. The zero-order chi connectivity index (χ0) is 20.8. The van der Waals surface area contributed by atoms with Crippen molar-refractivity contribution in [2.75, 3.05) is 10.6 Å². The molecule has 2 aromatic rings. The van der Waals surface area contributed by atoms with Crippen LogP contribution in [0.4, 0.5) is 20.6 Å². The van der Waals surface area contributed by atoms with Crippen LogP contribution in [0.25, 0.3) is 0 Å². The highest BCUT2D eigenvalue weighted by Crippen LogP contribution is 2.22. The van der Waals surface area contributed by atoms with E-state index in [9.17, 15) is 18.8 Å². The first-order chi connectivity index (χ1) is 13.2. The lowest BCUT2D eigenvalue weighted by Crippen LogP contribution is -2.28. The minimum Gasteiger partial charge on any atom is -0.341 e. The third-order valence-corrected chi connectivity index (χ3v) is 4.07. The van der Waals surface area contributed by atoms with Crippen molar-refractivity contribution >= 4 is 29.3 Å². The Morgan fingerprint density at radius 2 is 1.68 bits per heavy atom. The standard InChI is InChI=1S/C20H22FN3O4/c1-5-16-11(2)8-15(9-12(16)3)22-20(27)23-18-10-14(21)6-7-17(18)19(26)24-28-13(4)25/h6-10H,5H2,1-4H3,(H,24,26)(H2,22,23,27). The molecule has 0 aliphatic rings. The highest BCUT2D eigenvalue weighted by atomic mass is 19.1. The van der Waals surface area contributed by atoms with Gasteiger partial charge in [-0.15, -0.1) is 0 Å². The quantitative estimate of drug-likeness (QED) is 0.694. The average molecular weight is 387 g/mol. The number of halogens is 1. The van der Waals surface area contributed by atoms with E-state index in [1.807, 2.05) is 31.5 Å². The van der Waals surface area contributed by atoms with Crippen LogP contribution in [-0.2, 0) is 16.1 Å². The highest BCUT2D eigenvalue weighted by molar-refractivity contribution is 6.06. The van der Waals surface area contributed by atoms with Crippen molar-refractivity contribution in [2.45, 2.75) is 34.1 Å². The summed E-state index contributed by atoms with van der Waals surface area (Å²) in [7, 11) is 0. The lowest BCUT2D eigenvalue weighted by Gasteiger charge is -2.14. The predicted molar refractivity (Wildman–Crippen MR) is 104 cm³/mol. The van der Waals surface area contributed by atoms with Crippen LogP contribution in [0.2, 0.25) is 0 Å². The Morgan fingerprint density at radius 3 is 2.25 bits per heavy atom. The number of aryl methyl sites for hydroxylation is 2. The number of benzene rings is 2. The molecule has 28 heavy (non-hydrogen) atoms. The van der Waals surface area contributed by atoms with Crippen LogP contribution in [0, 0.1) is 19.7 Å². The molecule has 3 N–H and O–H groups in total. The fourth-order valence-corrected chi connectivity index (χ4v) is 2.90. The van der Waals surface area contributed by atoms with E-state index < -0.39 is 23.7 Å². The van der Waals surface area contributed by atoms with Crippen LogP contribution in [0.15, 0.2) is 30.3 Å². The summed E-state index contributed by atoms with van der Waals surface area (Å²) in [5.41, 5.74) is 5.67. The van der Waals surface area contributed by atoms with Crippen molar-refractivity contribution in [3.8, 4) is 0 Å². The SMILES string of the molecule is CCc1c(C)cc(NC(=O)Nc2cc(F)ccc2C(=O)NOC(C)=O)cc1C. The number of urea groups is 1. The van der Waals surface area contributed by atoms with Gasteiger partial charge >= 0.3 is 12.0 Å². The number of anilines is 2. The van der Waals surface area contributed by atoms with Crippen LogP contribution in [0.5, 0.6) is 0 Å². The summed E-state index contributed by atoms with van der Waals surface area (Å²) in [5, 5.41) is 5.11. The Kier molecular flexibility index (Phi) is 6.70. The van der Waals surface area contributed by atoms with E-state index in [1.165, 1.54) is 11.6 Å². The molecule has 0 heterocycles. The number of nitrogens with one attached hydrogen (secondary N) is 3. The van der Waals surface area contributed by atoms with Gasteiger partial charge in [-0.2, -0.15) is 5.48 Å². The second kappa shape index (κ2) is 8.98. The van der Waals surface area contributed by atoms with Crippen LogP contribution in [0.1, 0.15) is 40.9 Å². The van der Waals surface area contributed by atoms with Gasteiger partial charge in [0.2, 0.25) is 0 Å². The molecule has 0 aliphatic heterocycles. The molecule has 0 fully saturated rings. The molecule has 0 atom stereocenters. The summed E-state index contributed by atoms with van der Waals surface area (Å²) in [6.07, 6.45) is 0.883. The smallest absolute Gasteiger partial charge is 0.329 e. The van der Waals surface area contributed by atoms with Gasteiger partial charge in [-0.3, -0.25) is 9.59 Å². The molecule has 0 saturated heterocycles. The van der Waals surface area contributed by atoms with Gasteiger partial charge in [-0.05, 0) is 67.3 Å². The molecule has 0 aliphatic carbocycles. The number of hydrogen-bond donors (Lipinski definition) is 3. The van der Waals surface area contributed by atoms with Crippen LogP contribution in [0.3, 0.4) is 0 Å². The summed E-state index contributed by atoms with van der Waals surface area (Å²) in [6.45, 7) is 7.09. The minimum absolute atomic E-state index is 0.0634. The Morgan fingerprint density at radius 1 is 1.04 bits per heavy atom. The molecule has 0 radical (unpaired) electrons. The molecule has 0 saturated carbocycles. The van der Waals surface area contributed by atoms with Crippen molar-refractivity contribution in [2.24, 2.45) is 0 Å². The number of hydroxylamine groups is 1. The van der Waals surface area contributed by atoms with Crippen molar-refractivity contribution in [1.82, 2.24) is 5.48 Å². The highest BCUT2D eigenvalue weighted by Gasteiger charge is 2.16. The minimum atomic E-state index is -0.801. The molecule has 0 spiro atoms. The number of carbonyl (C=O) groups is 3. The fraction of sp³-hybridized carbons (Fsp3) is 0.250. The molecular formula is C20H22FN3O4. The summed E-state index contributed by atoms with van der Waals surface area (Å²) >= 11 is 0. The Bertz CT molecular complexity index is 905. The second-order valence-corrected chi connectivity index (χ2v) is 6.24. The van der Waals surface area contributed by atoms with Gasteiger partial charge < -0.3 is 15.5 Å². The van der Waals surface area contributed by atoms with Crippen molar-refractivity contribution < 1.29 is 23.6 Å². The molecule has 0 bridgehead atoms. The van der Waals surface area contributed by atoms with Gasteiger partial charge in [0.1, 0.15) is 5.82 Å². The van der Waals surface area contributed by atoms with Crippen molar-refractivity contribution in [1.29, 1.82) is 0 Å². The molecule has 2 rings (SSSR count). The number of rotatable bonds is 4. The Balaban J connectivity index is 2.18. The molecule has 7 nitrogen and oxygen atoms in total. The van der Waals surface area contributed by atoms with E-state index in [0.29, 0.717) is 5.69 Å². The molecule has 3 amide bonds. The molecule has 0 unspecified atom stereocenters.